The fourth-order valence-corrected chi connectivity index (χ4v) is 3.52. The molecule has 0 aliphatic heterocycles. The van der Waals surface area contributed by atoms with Gasteiger partial charge in [-0.15, -0.1) is 11.3 Å². The van der Waals surface area contributed by atoms with Gasteiger partial charge in [-0.2, -0.15) is 5.26 Å². The number of carbonyl (C=O) groups is 1. The molecule has 8 heteroatoms. The number of H-pyrrole nitrogens is 1. The van der Waals surface area contributed by atoms with Gasteiger partial charge in [-0.25, -0.2) is 4.98 Å². The number of thiazole rings is 1. The maximum Gasteiger partial charge on any atom is 0.266 e. The van der Waals surface area contributed by atoms with Crippen molar-refractivity contribution in [1.82, 2.24) is 19.7 Å². The lowest BCUT2D eigenvalue weighted by Crippen LogP contribution is -2.24. The van der Waals surface area contributed by atoms with Crippen molar-refractivity contribution in [1.29, 1.82) is 5.26 Å². The Morgan fingerprint density at radius 2 is 2.28 bits per heavy atom. The van der Waals surface area contributed by atoms with Crippen molar-refractivity contribution in [2.45, 2.75) is 33.2 Å². The van der Waals surface area contributed by atoms with Gasteiger partial charge in [0, 0.05) is 29.9 Å². The molecule has 0 aromatic carbocycles. The van der Waals surface area contributed by atoms with Crippen molar-refractivity contribution in [2.24, 2.45) is 0 Å². The first kappa shape index (κ1) is 16.9. The van der Waals surface area contributed by atoms with Crippen LogP contribution in [0.4, 0.5) is 0 Å². The molecule has 3 rings (SSSR count). The van der Waals surface area contributed by atoms with Crippen LogP contribution in [0.5, 0.6) is 0 Å². The highest BCUT2D eigenvalue weighted by atomic mass is 32.1. The molecule has 128 valence electrons. The summed E-state index contributed by atoms with van der Waals surface area (Å²) in [4.78, 5) is 31.8. The number of nitrogens with zero attached hydrogens (tertiary/aromatic N) is 3. The van der Waals surface area contributed by atoms with Crippen LogP contribution in [0.15, 0.2) is 22.6 Å². The number of aromatic amines is 1. The van der Waals surface area contributed by atoms with Crippen LogP contribution in [-0.2, 0) is 17.8 Å². The number of aromatic nitrogens is 3. The summed E-state index contributed by atoms with van der Waals surface area (Å²) in [6, 6.07) is 1.92. The average molecular weight is 355 g/mol. The number of nitrogens with one attached hydrogen (secondary N) is 2. The zero-order chi connectivity index (χ0) is 18.0. The van der Waals surface area contributed by atoms with Crippen LogP contribution >= 0.6 is 11.3 Å². The predicted octanol–water partition coefficient (Wildman–Crippen LogP) is 1.82. The number of nitriles is 1. The van der Waals surface area contributed by atoms with Crippen LogP contribution in [0, 0.1) is 25.2 Å². The molecule has 25 heavy (non-hydrogen) atoms. The zero-order valence-corrected chi connectivity index (χ0v) is 14.7. The van der Waals surface area contributed by atoms with E-state index < -0.39 is 0 Å². The first-order valence-corrected chi connectivity index (χ1v) is 8.67. The van der Waals surface area contributed by atoms with Gasteiger partial charge in [-0.3, -0.25) is 14.0 Å². The standard InChI is InChI=1S/C17H17N5O2S/c1-10-13(11(2)20-16(24)14(10)7-18)3-4-15(23)19-8-12-9-22-5-6-25-17(22)21-12/h5-6,9H,3-4,8H2,1-2H3,(H,19,23)(H,20,24). The zero-order valence-electron chi connectivity index (χ0n) is 13.9. The molecule has 0 saturated carbocycles. The molecule has 3 aromatic rings. The monoisotopic (exact) mass is 355 g/mol. The number of hydrogen-bond acceptors (Lipinski definition) is 5. The summed E-state index contributed by atoms with van der Waals surface area (Å²) in [5.74, 6) is -0.0973. The molecule has 0 bridgehead atoms. The van der Waals surface area contributed by atoms with Gasteiger partial charge < -0.3 is 10.3 Å². The first-order chi connectivity index (χ1) is 12.0. The van der Waals surface area contributed by atoms with Gasteiger partial charge >= 0.3 is 0 Å². The van der Waals surface area contributed by atoms with Gasteiger partial charge in [0.1, 0.15) is 11.6 Å². The summed E-state index contributed by atoms with van der Waals surface area (Å²) in [6.07, 6.45) is 4.56. The quantitative estimate of drug-likeness (QED) is 0.728. The highest BCUT2D eigenvalue weighted by Crippen LogP contribution is 2.15. The van der Waals surface area contributed by atoms with Gasteiger partial charge in [0.2, 0.25) is 5.91 Å². The lowest BCUT2D eigenvalue weighted by molar-refractivity contribution is -0.121. The topological polar surface area (TPSA) is 103 Å². The maximum atomic E-state index is 12.1. The van der Waals surface area contributed by atoms with Crippen molar-refractivity contribution in [3.05, 3.63) is 56.2 Å². The largest absolute Gasteiger partial charge is 0.350 e. The summed E-state index contributed by atoms with van der Waals surface area (Å²) in [7, 11) is 0. The van der Waals surface area contributed by atoms with Crippen LogP contribution in [0.25, 0.3) is 4.96 Å². The average Bonchev–Trinajstić information content (AvgIpc) is 3.14. The van der Waals surface area contributed by atoms with Crippen LogP contribution < -0.4 is 10.9 Å². The van der Waals surface area contributed by atoms with Gasteiger partial charge in [-0.05, 0) is 31.4 Å². The molecule has 1 amide bonds. The molecule has 0 aliphatic carbocycles. The van der Waals surface area contributed by atoms with E-state index in [1.54, 1.807) is 25.2 Å². The van der Waals surface area contributed by atoms with E-state index in [9.17, 15) is 9.59 Å². The lowest BCUT2D eigenvalue weighted by Gasteiger charge is -2.10. The Bertz CT molecular complexity index is 1010. The number of aryl methyl sites for hydroxylation is 1. The number of carbonyl (C=O) groups excluding carboxylic acids is 1. The molecule has 0 atom stereocenters. The Morgan fingerprint density at radius 1 is 1.48 bits per heavy atom. The van der Waals surface area contributed by atoms with E-state index in [4.69, 9.17) is 5.26 Å². The van der Waals surface area contributed by atoms with Crippen molar-refractivity contribution in [3.63, 3.8) is 0 Å². The van der Waals surface area contributed by atoms with Gasteiger partial charge in [0.05, 0.1) is 12.2 Å². The Balaban J connectivity index is 1.62. The van der Waals surface area contributed by atoms with E-state index in [0.29, 0.717) is 24.2 Å². The van der Waals surface area contributed by atoms with Crippen LogP contribution in [0.1, 0.15) is 34.5 Å². The molecule has 0 spiro atoms. The number of rotatable bonds is 5. The van der Waals surface area contributed by atoms with E-state index in [0.717, 1.165) is 16.2 Å². The highest BCUT2D eigenvalue weighted by Gasteiger charge is 2.13. The molecular weight excluding hydrogens is 338 g/mol. The molecule has 0 fully saturated rings. The third-order valence-electron chi connectivity index (χ3n) is 4.13. The fourth-order valence-electron chi connectivity index (χ4n) is 2.80. The summed E-state index contributed by atoms with van der Waals surface area (Å²) < 4.78 is 1.92. The Kier molecular flexibility index (Phi) is 4.67. The second kappa shape index (κ2) is 6.91. The van der Waals surface area contributed by atoms with E-state index in [-0.39, 0.29) is 23.5 Å². The maximum absolute atomic E-state index is 12.1. The van der Waals surface area contributed by atoms with E-state index in [2.05, 4.69) is 15.3 Å². The van der Waals surface area contributed by atoms with E-state index in [1.807, 2.05) is 28.2 Å². The predicted molar refractivity (Wildman–Crippen MR) is 94.5 cm³/mol. The molecule has 3 aromatic heterocycles. The number of hydrogen-bond donors (Lipinski definition) is 2. The molecule has 2 N–H and O–H groups in total. The summed E-state index contributed by atoms with van der Waals surface area (Å²) in [5.41, 5.74) is 2.72. The number of pyridine rings is 1. The third-order valence-corrected chi connectivity index (χ3v) is 4.90. The summed E-state index contributed by atoms with van der Waals surface area (Å²) >= 11 is 1.54. The van der Waals surface area contributed by atoms with Crippen LogP contribution in [-0.4, -0.2) is 20.3 Å². The molecule has 7 nitrogen and oxygen atoms in total. The van der Waals surface area contributed by atoms with E-state index in [1.165, 1.54) is 0 Å². The van der Waals surface area contributed by atoms with E-state index >= 15 is 0 Å². The Hall–Kier alpha value is -2.92. The minimum Gasteiger partial charge on any atom is -0.350 e. The number of amides is 1. The second-order valence-corrected chi connectivity index (χ2v) is 6.64. The summed E-state index contributed by atoms with van der Waals surface area (Å²) in [6.45, 7) is 3.90. The Morgan fingerprint density at radius 3 is 3.00 bits per heavy atom. The van der Waals surface area contributed by atoms with Crippen LogP contribution in [0.2, 0.25) is 0 Å². The molecule has 3 heterocycles. The minimum absolute atomic E-state index is 0.0973. The van der Waals surface area contributed by atoms with Crippen LogP contribution in [0.3, 0.4) is 0 Å². The molecule has 0 radical (unpaired) electrons. The normalized spacial score (nSPS) is 10.8. The number of fused-ring (bicyclic) bond motifs is 1. The summed E-state index contributed by atoms with van der Waals surface area (Å²) in [5, 5.41) is 13.9. The Labute approximate surface area is 148 Å². The molecule has 0 saturated heterocycles. The highest BCUT2D eigenvalue weighted by molar-refractivity contribution is 7.15. The van der Waals surface area contributed by atoms with Crippen molar-refractivity contribution < 1.29 is 4.79 Å². The molecule has 0 unspecified atom stereocenters. The fraction of sp³-hybridized carbons (Fsp3) is 0.294. The van der Waals surface area contributed by atoms with Gasteiger partial charge in [0.15, 0.2) is 4.96 Å². The minimum atomic E-state index is -0.384. The third kappa shape index (κ3) is 3.46. The smallest absolute Gasteiger partial charge is 0.266 e. The SMILES string of the molecule is Cc1[nH]c(=O)c(C#N)c(C)c1CCC(=O)NCc1cn2ccsc2n1. The number of imidazole rings is 1. The van der Waals surface area contributed by atoms with Crippen molar-refractivity contribution >= 4 is 22.2 Å². The molecular formula is C17H17N5O2S. The second-order valence-electron chi connectivity index (χ2n) is 5.77. The van der Waals surface area contributed by atoms with Gasteiger partial charge in [0.25, 0.3) is 5.56 Å². The first-order valence-electron chi connectivity index (χ1n) is 7.80. The van der Waals surface area contributed by atoms with Gasteiger partial charge in [-0.1, -0.05) is 0 Å². The lowest BCUT2D eigenvalue weighted by atomic mass is 9.99. The van der Waals surface area contributed by atoms with Crippen molar-refractivity contribution in [2.75, 3.05) is 0 Å². The van der Waals surface area contributed by atoms with Crippen molar-refractivity contribution in [3.8, 4) is 6.07 Å². The molecule has 0 aliphatic rings.